The summed E-state index contributed by atoms with van der Waals surface area (Å²) in [5.41, 5.74) is 9.51. The van der Waals surface area contributed by atoms with Gasteiger partial charge in [0.1, 0.15) is 5.69 Å². The van der Waals surface area contributed by atoms with Crippen LogP contribution in [0.3, 0.4) is 0 Å². The van der Waals surface area contributed by atoms with E-state index in [1.54, 1.807) is 0 Å². The first-order valence-electron chi connectivity index (χ1n) is 6.46. The van der Waals surface area contributed by atoms with Gasteiger partial charge in [-0.15, -0.1) is 0 Å². The molecule has 1 heterocycles. The molecule has 21 heavy (non-hydrogen) atoms. The summed E-state index contributed by atoms with van der Waals surface area (Å²) in [7, 11) is 0. The largest absolute Gasteiger partial charge is 0.396 e. The Bertz CT molecular complexity index is 783. The van der Waals surface area contributed by atoms with Gasteiger partial charge in [-0.05, 0) is 17.7 Å². The van der Waals surface area contributed by atoms with Crippen LogP contribution in [0.2, 0.25) is 5.02 Å². The second kappa shape index (κ2) is 5.92. The number of hydrogen-bond donors (Lipinski definition) is 1. The molecule has 0 saturated carbocycles. The van der Waals surface area contributed by atoms with Crippen LogP contribution in [-0.4, -0.2) is 9.78 Å². The van der Waals surface area contributed by atoms with Crippen molar-refractivity contribution in [3.63, 3.8) is 0 Å². The third-order valence-corrected chi connectivity index (χ3v) is 4.27. The fourth-order valence-electron chi connectivity index (χ4n) is 2.18. The lowest BCUT2D eigenvalue weighted by Gasteiger charge is -2.04. The highest BCUT2D eigenvalue weighted by Gasteiger charge is 2.12. The van der Waals surface area contributed by atoms with Crippen molar-refractivity contribution in [3.8, 4) is 11.3 Å². The average Bonchev–Trinajstić information content (AvgIpc) is 2.83. The molecule has 0 saturated heterocycles. The molecule has 1 aromatic heterocycles. The lowest BCUT2D eigenvalue weighted by molar-refractivity contribution is 0.689. The first kappa shape index (κ1) is 14.2. The Kier molecular flexibility index (Phi) is 3.99. The summed E-state index contributed by atoms with van der Waals surface area (Å²) >= 11 is 9.71. The predicted molar refractivity (Wildman–Crippen MR) is 90.3 cm³/mol. The monoisotopic (exact) mass is 361 g/mol. The Labute approximate surface area is 136 Å². The number of nitrogens with zero attached hydrogens (tertiary/aromatic N) is 2. The zero-order valence-electron chi connectivity index (χ0n) is 11.1. The summed E-state index contributed by atoms with van der Waals surface area (Å²) in [5.74, 6) is 0. The molecule has 3 nitrogen and oxygen atoms in total. The topological polar surface area (TPSA) is 43.8 Å². The first-order chi connectivity index (χ1) is 10.1. The maximum absolute atomic E-state index is 6.18. The molecule has 0 amide bonds. The van der Waals surface area contributed by atoms with E-state index in [1.165, 1.54) is 0 Å². The van der Waals surface area contributed by atoms with E-state index in [0.29, 0.717) is 12.2 Å². The fourth-order valence-corrected chi connectivity index (χ4v) is 2.85. The maximum atomic E-state index is 6.18. The zero-order valence-corrected chi connectivity index (χ0v) is 13.5. The smallest absolute Gasteiger partial charge is 0.116 e. The number of benzene rings is 2. The van der Waals surface area contributed by atoms with Gasteiger partial charge in [0, 0.05) is 21.3 Å². The second-order valence-corrected chi connectivity index (χ2v) is 5.96. The van der Waals surface area contributed by atoms with Crippen molar-refractivity contribution in [1.82, 2.24) is 9.78 Å². The molecule has 2 aromatic carbocycles. The van der Waals surface area contributed by atoms with Gasteiger partial charge in [-0.1, -0.05) is 63.9 Å². The minimum Gasteiger partial charge on any atom is -0.396 e. The molecule has 0 bridgehead atoms. The van der Waals surface area contributed by atoms with Gasteiger partial charge in [-0.25, -0.2) is 0 Å². The van der Waals surface area contributed by atoms with Gasteiger partial charge in [0.05, 0.1) is 12.2 Å². The second-order valence-electron chi connectivity index (χ2n) is 4.70. The highest BCUT2D eigenvalue weighted by molar-refractivity contribution is 9.10. The van der Waals surface area contributed by atoms with E-state index >= 15 is 0 Å². The molecule has 0 spiro atoms. The van der Waals surface area contributed by atoms with Crippen LogP contribution in [0.15, 0.2) is 59.2 Å². The van der Waals surface area contributed by atoms with Crippen molar-refractivity contribution in [2.75, 3.05) is 5.73 Å². The fraction of sp³-hybridized carbons (Fsp3) is 0.0625. The zero-order chi connectivity index (χ0) is 14.8. The molecule has 0 aliphatic heterocycles. The van der Waals surface area contributed by atoms with Crippen LogP contribution >= 0.6 is 27.5 Å². The van der Waals surface area contributed by atoms with E-state index in [-0.39, 0.29) is 0 Å². The molecule has 0 aliphatic rings. The summed E-state index contributed by atoms with van der Waals surface area (Å²) < 4.78 is 2.78. The quantitative estimate of drug-likeness (QED) is 0.740. The predicted octanol–water partition coefficient (Wildman–Crippen LogP) is 4.60. The van der Waals surface area contributed by atoms with Gasteiger partial charge in [0.15, 0.2) is 0 Å². The van der Waals surface area contributed by atoms with Gasteiger partial charge in [-0.3, -0.25) is 4.68 Å². The molecule has 5 heteroatoms. The van der Waals surface area contributed by atoms with Crippen LogP contribution in [0.1, 0.15) is 5.56 Å². The summed E-state index contributed by atoms with van der Waals surface area (Å²) in [6.45, 7) is 0.592. The summed E-state index contributed by atoms with van der Waals surface area (Å²) in [6.07, 6.45) is 1.83. The first-order valence-corrected chi connectivity index (χ1v) is 7.63. The summed E-state index contributed by atoms with van der Waals surface area (Å²) in [6, 6.07) is 15.6. The minimum absolute atomic E-state index is 0.592. The molecule has 0 unspecified atom stereocenters. The molecule has 0 aliphatic carbocycles. The SMILES string of the molecule is Nc1cn(Cc2ccccc2Cl)nc1-c1ccccc1Br. The molecular weight excluding hydrogens is 350 g/mol. The summed E-state index contributed by atoms with van der Waals surface area (Å²) in [5, 5.41) is 5.31. The lowest BCUT2D eigenvalue weighted by atomic mass is 10.1. The highest BCUT2D eigenvalue weighted by Crippen LogP contribution is 2.31. The van der Waals surface area contributed by atoms with Crippen LogP contribution in [0.5, 0.6) is 0 Å². The van der Waals surface area contributed by atoms with E-state index < -0.39 is 0 Å². The molecule has 2 N–H and O–H groups in total. The lowest BCUT2D eigenvalue weighted by Crippen LogP contribution is -2.01. The number of rotatable bonds is 3. The number of nitrogens with two attached hydrogens (primary N) is 1. The maximum Gasteiger partial charge on any atom is 0.116 e. The van der Waals surface area contributed by atoms with E-state index in [2.05, 4.69) is 21.0 Å². The number of halogens is 2. The third-order valence-electron chi connectivity index (χ3n) is 3.21. The Hall–Kier alpha value is -1.78. The number of anilines is 1. The number of hydrogen-bond acceptors (Lipinski definition) is 2. The Morgan fingerprint density at radius 1 is 1.10 bits per heavy atom. The van der Waals surface area contributed by atoms with Crippen molar-refractivity contribution >= 4 is 33.2 Å². The Morgan fingerprint density at radius 3 is 2.57 bits per heavy atom. The van der Waals surface area contributed by atoms with Crippen LogP contribution in [0.4, 0.5) is 5.69 Å². The Balaban J connectivity index is 1.96. The van der Waals surface area contributed by atoms with Crippen LogP contribution in [0, 0.1) is 0 Å². The van der Waals surface area contributed by atoms with Crippen LogP contribution < -0.4 is 5.73 Å². The van der Waals surface area contributed by atoms with Crippen molar-refractivity contribution < 1.29 is 0 Å². The van der Waals surface area contributed by atoms with Gasteiger partial charge >= 0.3 is 0 Å². The van der Waals surface area contributed by atoms with Gasteiger partial charge in [0.2, 0.25) is 0 Å². The van der Waals surface area contributed by atoms with Gasteiger partial charge in [0.25, 0.3) is 0 Å². The molecular formula is C16H13BrClN3. The van der Waals surface area contributed by atoms with Crippen molar-refractivity contribution in [2.24, 2.45) is 0 Å². The third kappa shape index (κ3) is 2.96. The average molecular weight is 363 g/mol. The molecule has 0 atom stereocenters. The number of nitrogen functional groups attached to an aromatic ring is 1. The van der Waals surface area contributed by atoms with Crippen LogP contribution in [0.25, 0.3) is 11.3 Å². The van der Waals surface area contributed by atoms with Gasteiger partial charge in [-0.2, -0.15) is 5.10 Å². The minimum atomic E-state index is 0.592. The van der Waals surface area contributed by atoms with Crippen molar-refractivity contribution in [1.29, 1.82) is 0 Å². The Morgan fingerprint density at radius 2 is 1.81 bits per heavy atom. The van der Waals surface area contributed by atoms with E-state index in [0.717, 1.165) is 26.3 Å². The molecule has 3 rings (SSSR count). The molecule has 0 radical (unpaired) electrons. The van der Waals surface area contributed by atoms with Crippen molar-refractivity contribution in [2.45, 2.75) is 6.54 Å². The van der Waals surface area contributed by atoms with Gasteiger partial charge < -0.3 is 5.73 Å². The standard InChI is InChI=1S/C16H13BrClN3/c17-13-7-3-2-6-12(13)16-15(19)10-21(20-16)9-11-5-1-4-8-14(11)18/h1-8,10H,9,19H2. The highest BCUT2D eigenvalue weighted by atomic mass is 79.9. The molecule has 106 valence electrons. The van der Waals surface area contributed by atoms with Crippen molar-refractivity contribution in [3.05, 3.63) is 69.8 Å². The normalized spacial score (nSPS) is 10.8. The molecule has 0 fully saturated rings. The van der Waals surface area contributed by atoms with E-state index in [4.69, 9.17) is 17.3 Å². The summed E-state index contributed by atoms with van der Waals surface area (Å²) in [4.78, 5) is 0. The molecule has 3 aromatic rings. The van der Waals surface area contributed by atoms with E-state index in [1.807, 2.05) is 59.4 Å². The van der Waals surface area contributed by atoms with E-state index in [9.17, 15) is 0 Å². The van der Waals surface area contributed by atoms with Crippen LogP contribution in [-0.2, 0) is 6.54 Å². The number of aromatic nitrogens is 2.